The molecule has 0 aliphatic carbocycles. The number of aliphatic hydroxyl groups is 1. The number of ether oxygens (including phenoxy) is 2. The van der Waals surface area contributed by atoms with E-state index in [0.29, 0.717) is 17.0 Å². The number of aliphatic hydroxyl groups excluding tert-OH is 1. The number of benzene rings is 2. The molecule has 1 amide bonds. The lowest BCUT2D eigenvalue weighted by atomic mass is 9.98. The van der Waals surface area contributed by atoms with Gasteiger partial charge in [0, 0.05) is 22.5 Å². The van der Waals surface area contributed by atoms with Crippen molar-refractivity contribution in [1.82, 2.24) is 0 Å². The molecular weight excluding hydrogens is 426 g/mol. The highest BCUT2D eigenvalue weighted by Gasteiger charge is 2.47. The number of anilines is 1. The highest BCUT2D eigenvalue weighted by atomic mass is 32.1. The van der Waals surface area contributed by atoms with Crippen molar-refractivity contribution in [1.29, 1.82) is 0 Å². The number of rotatable bonds is 4. The number of hydrogen-bond donors (Lipinski definition) is 1. The Hall–Kier alpha value is -3.58. The molecule has 32 heavy (non-hydrogen) atoms. The summed E-state index contributed by atoms with van der Waals surface area (Å²) < 4.78 is 11.0. The predicted molar refractivity (Wildman–Crippen MR) is 122 cm³/mol. The van der Waals surface area contributed by atoms with Crippen molar-refractivity contribution in [2.45, 2.75) is 25.5 Å². The number of Topliss-reactive ketones (excluding diaryl/α,β-unsaturated/α-hetero) is 1. The SMILES string of the molecule is COc1ccc(N2C(=O)C(=O)/C(=C(\O)c3ccc4c(c3)CC(C)O4)C2c2cccs2)cc1. The first-order valence-corrected chi connectivity index (χ1v) is 11.1. The minimum absolute atomic E-state index is 0.0640. The van der Waals surface area contributed by atoms with E-state index >= 15 is 0 Å². The summed E-state index contributed by atoms with van der Waals surface area (Å²) in [5.41, 5.74) is 2.11. The third kappa shape index (κ3) is 3.26. The summed E-state index contributed by atoms with van der Waals surface area (Å²) in [5.74, 6) is -0.134. The van der Waals surface area contributed by atoms with Gasteiger partial charge in [0.25, 0.3) is 11.7 Å². The van der Waals surface area contributed by atoms with Gasteiger partial charge in [-0.3, -0.25) is 14.5 Å². The van der Waals surface area contributed by atoms with Gasteiger partial charge in [-0.25, -0.2) is 0 Å². The van der Waals surface area contributed by atoms with Crippen molar-refractivity contribution >= 4 is 34.5 Å². The highest BCUT2D eigenvalue weighted by Crippen LogP contribution is 2.44. The molecule has 2 aliphatic heterocycles. The highest BCUT2D eigenvalue weighted by molar-refractivity contribution is 7.10. The van der Waals surface area contributed by atoms with Crippen molar-refractivity contribution in [2.24, 2.45) is 0 Å². The molecule has 2 aromatic carbocycles. The Morgan fingerprint density at radius 2 is 1.94 bits per heavy atom. The maximum atomic E-state index is 13.2. The van der Waals surface area contributed by atoms with Crippen LogP contribution in [-0.4, -0.2) is 30.0 Å². The standard InChI is InChI=1S/C25H21NO5S/c1-14-12-16-13-15(5-10-19(16)31-14)23(27)21-22(20-4-3-11-32-20)26(25(29)24(21)28)17-6-8-18(30-2)9-7-17/h3-11,13-14,22,27H,12H2,1-2H3/b23-21-. The molecule has 7 heteroatoms. The zero-order chi connectivity index (χ0) is 22.4. The third-order valence-electron chi connectivity index (χ3n) is 5.78. The maximum absolute atomic E-state index is 13.2. The Bertz CT molecular complexity index is 1230. The summed E-state index contributed by atoms with van der Waals surface area (Å²) in [6.07, 6.45) is 0.791. The number of carbonyl (C=O) groups is 2. The fraction of sp³-hybridized carbons (Fsp3) is 0.200. The molecule has 0 saturated carbocycles. The topological polar surface area (TPSA) is 76.1 Å². The molecule has 1 fully saturated rings. The lowest BCUT2D eigenvalue weighted by Gasteiger charge is -2.24. The quantitative estimate of drug-likeness (QED) is 0.356. The molecule has 2 aliphatic rings. The molecule has 2 unspecified atom stereocenters. The minimum Gasteiger partial charge on any atom is -0.507 e. The van der Waals surface area contributed by atoms with Crippen molar-refractivity contribution in [3.63, 3.8) is 0 Å². The van der Waals surface area contributed by atoms with Gasteiger partial charge >= 0.3 is 0 Å². The van der Waals surface area contributed by atoms with Crippen LogP contribution in [0.25, 0.3) is 5.76 Å². The van der Waals surface area contributed by atoms with Gasteiger partial charge in [-0.15, -0.1) is 11.3 Å². The van der Waals surface area contributed by atoms with Crippen molar-refractivity contribution in [3.8, 4) is 11.5 Å². The number of hydrogen-bond acceptors (Lipinski definition) is 6. The van der Waals surface area contributed by atoms with Gasteiger partial charge in [-0.1, -0.05) is 6.07 Å². The number of nitrogens with zero attached hydrogens (tertiary/aromatic N) is 1. The van der Waals surface area contributed by atoms with Crippen LogP contribution in [-0.2, 0) is 16.0 Å². The van der Waals surface area contributed by atoms with Crippen LogP contribution in [0, 0.1) is 0 Å². The Morgan fingerprint density at radius 1 is 1.16 bits per heavy atom. The van der Waals surface area contributed by atoms with E-state index in [0.717, 1.165) is 22.6 Å². The van der Waals surface area contributed by atoms with Crippen LogP contribution in [0.3, 0.4) is 0 Å². The van der Waals surface area contributed by atoms with Gasteiger partial charge in [0.15, 0.2) is 0 Å². The van der Waals surface area contributed by atoms with Gasteiger partial charge < -0.3 is 14.6 Å². The van der Waals surface area contributed by atoms with Crippen LogP contribution in [0.4, 0.5) is 5.69 Å². The van der Waals surface area contributed by atoms with E-state index in [2.05, 4.69) is 0 Å². The molecule has 1 N–H and O–H groups in total. The smallest absolute Gasteiger partial charge is 0.300 e. The summed E-state index contributed by atoms with van der Waals surface area (Å²) in [5, 5.41) is 13.1. The molecule has 1 saturated heterocycles. The molecule has 0 radical (unpaired) electrons. The first-order valence-electron chi connectivity index (χ1n) is 10.3. The van der Waals surface area contributed by atoms with E-state index in [9.17, 15) is 14.7 Å². The summed E-state index contributed by atoms with van der Waals surface area (Å²) in [6.45, 7) is 1.98. The second-order valence-corrected chi connectivity index (χ2v) is 8.82. The fourth-order valence-corrected chi connectivity index (χ4v) is 5.11. The summed E-state index contributed by atoms with van der Waals surface area (Å²) >= 11 is 1.43. The molecule has 3 aromatic rings. The number of carbonyl (C=O) groups excluding carboxylic acids is 2. The van der Waals surface area contributed by atoms with Crippen LogP contribution >= 0.6 is 11.3 Å². The zero-order valence-corrected chi connectivity index (χ0v) is 18.4. The third-order valence-corrected chi connectivity index (χ3v) is 6.70. The number of amides is 1. The second kappa shape index (κ2) is 7.84. The van der Waals surface area contributed by atoms with E-state index in [4.69, 9.17) is 9.47 Å². The van der Waals surface area contributed by atoms with E-state index in [1.807, 2.05) is 30.5 Å². The molecule has 5 rings (SSSR count). The number of methoxy groups -OCH3 is 1. The van der Waals surface area contributed by atoms with Crippen LogP contribution in [0.15, 0.2) is 65.6 Å². The number of fused-ring (bicyclic) bond motifs is 1. The molecule has 3 heterocycles. The average Bonchev–Trinajstić information content (AvgIpc) is 3.51. The molecule has 2 atom stereocenters. The van der Waals surface area contributed by atoms with Crippen molar-refractivity contribution in [3.05, 3.63) is 81.6 Å². The van der Waals surface area contributed by atoms with E-state index in [1.165, 1.54) is 16.2 Å². The first-order chi connectivity index (χ1) is 15.5. The fourth-order valence-electron chi connectivity index (χ4n) is 4.28. The largest absolute Gasteiger partial charge is 0.507 e. The van der Waals surface area contributed by atoms with Crippen LogP contribution in [0.2, 0.25) is 0 Å². The van der Waals surface area contributed by atoms with E-state index < -0.39 is 17.7 Å². The minimum atomic E-state index is -0.716. The average molecular weight is 448 g/mol. The summed E-state index contributed by atoms with van der Waals surface area (Å²) in [7, 11) is 1.56. The Kier molecular flexibility index (Phi) is 4.98. The Morgan fingerprint density at radius 3 is 2.62 bits per heavy atom. The van der Waals surface area contributed by atoms with Gasteiger partial charge in [0.05, 0.1) is 12.7 Å². The first kappa shape index (κ1) is 20.3. The zero-order valence-electron chi connectivity index (χ0n) is 17.6. The monoisotopic (exact) mass is 447 g/mol. The molecule has 0 spiro atoms. The Balaban J connectivity index is 1.64. The lowest BCUT2D eigenvalue weighted by molar-refractivity contribution is -0.132. The lowest BCUT2D eigenvalue weighted by Crippen LogP contribution is -2.29. The van der Waals surface area contributed by atoms with Crippen molar-refractivity contribution in [2.75, 3.05) is 12.0 Å². The van der Waals surface area contributed by atoms with Gasteiger partial charge in [-0.2, -0.15) is 0 Å². The van der Waals surface area contributed by atoms with Gasteiger partial charge in [-0.05, 0) is 66.4 Å². The van der Waals surface area contributed by atoms with Gasteiger partial charge in [0.2, 0.25) is 0 Å². The van der Waals surface area contributed by atoms with Crippen LogP contribution in [0.1, 0.15) is 29.0 Å². The normalized spacial score (nSPS) is 21.5. The molecular formula is C25H21NO5S. The van der Waals surface area contributed by atoms with E-state index in [-0.39, 0.29) is 17.4 Å². The number of ketones is 1. The molecule has 6 nitrogen and oxygen atoms in total. The maximum Gasteiger partial charge on any atom is 0.300 e. The molecule has 162 valence electrons. The summed E-state index contributed by atoms with van der Waals surface area (Å²) in [4.78, 5) is 28.5. The van der Waals surface area contributed by atoms with Crippen molar-refractivity contribution < 1.29 is 24.2 Å². The van der Waals surface area contributed by atoms with Gasteiger partial charge in [0.1, 0.15) is 29.4 Å². The molecule has 0 bridgehead atoms. The summed E-state index contributed by atoms with van der Waals surface area (Å²) in [6, 6.07) is 15.3. The van der Waals surface area contributed by atoms with Crippen LogP contribution in [0.5, 0.6) is 11.5 Å². The number of thiophene rings is 1. The molecule has 1 aromatic heterocycles. The van der Waals surface area contributed by atoms with E-state index in [1.54, 1.807) is 43.5 Å². The van der Waals surface area contributed by atoms with Crippen LogP contribution < -0.4 is 14.4 Å². The predicted octanol–water partition coefficient (Wildman–Crippen LogP) is 4.71. The second-order valence-electron chi connectivity index (χ2n) is 7.84. The Labute approximate surface area is 189 Å².